The van der Waals surface area contributed by atoms with Crippen molar-refractivity contribution < 1.29 is 13.3 Å². The minimum absolute atomic E-state index is 0.118. The molecule has 0 saturated heterocycles. The molecule has 9 heteroatoms. The maximum atomic E-state index is 13.4. The Labute approximate surface area is 208 Å². The van der Waals surface area contributed by atoms with Crippen molar-refractivity contribution in [1.29, 1.82) is 0 Å². The van der Waals surface area contributed by atoms with Gasteiger partial charge in [-0.25, -0.2) is 8.42 Å². The topological polar surface area (TPSA) is 114 Å². The lowest BCUT2D eigenvalue weighted by molar-refractivity contribution is -0.385. The highest BCUT2D eigenvalue weighted by Gasteiger charge is 2.26. The van der Waals surface area contributed by atoms with Crippen molar-refractivity contribution in [3.05, 3.63) is 117 Å². The molecule has 0 amide bonds. The van der Waals surface area contributed by atoms with Gasteiger partial charge in [-0.3, -0.25) is 20.3 Å². The molecule has 2 N–H and O–H groups in total. The quantitative estimate of drug-likeness (QED) is 0.225. The molecule has 1 aliphatic carbocycles. The van der Waals surface area contributed by atoms with Crippen molar-refractivity contribution in [2.45, 2.75) is 18.7 Å². The van der Waals surface area contributed by atoms with Crippen molar-refractivity contribution in [2.75, 3.05) is 10.1 Å². The third-order valence-electron chi connectivity index (χ3n) is 6.03. The minimum Gasteiger partial charge on any atom is -0.279 e. The van der Waals surface area contributed by atoms with Crippen molar-refractivity contribution in [2.24, 2.45) is 5.10 Å². The molecule has 0 unspecified atom stereocenters. The van der Waals surface area contributed by atoms with Crippen molar-refractivity contribution in [3.8, 4) is 11.1 Å². The number of hydrogen-bond acceptors (Lipinski definition) is 6. The molecule has 0 fully saturated rings. The third kappa shape index (κ3) is 4.20. The van der Waals surface area contributed by atoms with Gasteiger partial charge in [0.1, 0.15) is 4.90 Å². The number of nitro benzene ring substituents is 1. The molecule has 8 nitrogen and oxygen atoms in total. The minimum atomic E-state index is -4.19. The number of benzene rings is 4. The van der Waals surface area contributed by atoms with Gasteiger partial charge in [-0.15, -0.1) is 0 Å². The van der Waals surface area contributed by atoms with E-state index in [9.17, 15) is 18.5 Å². The Morgan fingerprint density at radius 1 is 0.778 bits per heavy atom. The van der Waals surface area contributed by atoms with Gasteiger partial charge in [0.15, 0.2) is 0 Å². The number of hydrogen-bond donors (Lipinski definition) is 2. The zero-order chi connectivity index (χ0) is 25.4. The Bertz CT molecular complexity index is 1610. The number of nitro groups is 1. The number of aryl methyl sites for hydroxylation is 2. The van der Waals surface area contributed by atoms with Gasteiger partial charge in [-0.2, -0.15) is 5.10 Å². The van der Waals surface area contributed by atoms with Gasteiger partial charge in [-0.1, -0.05) is 66.2 Å². The molecule has 4 aromatic rings. The summed E-state index contributed by atoms with van der Waals surface area (Å²) in [4.78, 5) is 10.5. The van der Waals surface area contributed by atoms with Crippen LogP contribution in [0.1, 0.15) is 22.3 Å². The zero-order valence-electron chi connectivity index (χ0n) is 19.5. The molecule has 5 rings (SSSR count). The van der Waals surface area contributed by atoms with E-state index in [0.29, 0.717) is 11.4 Å². The van der Waals surface area contributed by atoms with Crippen LogP contribution in [0, 0.1) is 24.0 Å². The highest BCUT2D eigenvalue weighted by molar-refractivity contribution is 7.92. The molecule has 0 aliphatic heterocycles. The first-order valence-electron chi connectivity index (χ1n) is 11.2. The highest BCUT2D eigenvalue weighted by atomic mass is 32.2. The fraction of sp³-hybridized carbons (Fsp3) is 0.0741. The number of anilines is 2. The molecule has 0 bridgehead atoms. The Morgan fingerprint density at radius 2 is 1.36 bits per heavy atom. The zero-order valence-corrected chi connectivity index (χ0v) is 20.3. The molecule has 180 valence electrons. The number of non-ortho nitro benzene ring substituents is 1. The number of rotatable bonds is 6. The fourth-order valence-electron chi connectivity index (χ4n) is 4.30. The first-order chi connectivity index (χ1) is 17.2. The van der Waals surface area contributed by atoms with Crippen LogP contribution in [0.2, 0.25) is 0 Å². The van der Waals surface area contributed by atoms with Crippen LogP contribution in [-0.2, 0) is 10.0 Å². The van der Waals surface area contributed by atoms with Crippen LogP contribution >= 0.6 is 0 Å². The van der Waals surface area contributed by atoms with E-state index in [-0.39, 0.29) is 16.3 Å². The number of fused-ring (bicyclic) bond motifs is 3. The van der Waals surface area contributed by atoms with Gasteiger partial charge in [0, 0.05) is 23.3 Å². The second-order valence-corrected chi connectivity index (χ2v) is 10.2. The monoisotopic (exact) mass is 498 g/mol. The fourth-order valence-corrected chi connectivity index (χ4v) is 5.61. The first-order valence-corrected chi connectivity index (χ1v) is 12.6. The van der Waals surface area contributed by atoms with Crippen LogP contribution in [0.5, 0.6) is 0 Å². The normalized spacial score (nSPS) is 12.0. The second kappa shape index (κ2) is 8.94. The summed E-state index contributed by atoms with van der Waals surface area (Å²) in [5, 5.41) is 16.0. The highest BCUT2D eigenvalue weighted by Crippen LogP contribution is 2.37. The van der Waals surface area contributed by atoms with Crippen LogP contribution in [0.3, 0.4) is 0 Å². The van der Waals surface area contributed by atoms with E-state index in [1.807, 2.05) is 61.5 Å². The maximum absolute atomic E-state index is 13.4. The van der Waals surface area contributed by atoms with Gasteiger partial charge in [0.05, 0.1) is 22.0 Å². The average molecular weight is 499 g/mol. The molecular formula is C27H22N4O4S. The summed E-state index contributed by atoms with van der Waals surface area (Å²) in [5.74, 6) is 0. The van der Waals surface area contributed by atoms with E-state index in [1.54, 1.807) is 19.1 Å². The molecule has 0 aromatic heterocycles. The summed E-state index contributed by atoms with van der Waals surface area (Å²) < 4.78 is 29.4. The smallest absolute Gasteiger partial charge is 0.270 e. The summed E-state index contributed by atoms with van der Waals surface area (Å²) in [7, 11) is -4.19. The number of sulfonamides is 1. The molecule has 1 aliphatic rings. The van der Waals surface area contributed by atoms with Gasteiger partial charge in [-0.05, 0) is 42.7 Å². The molecule has 0 radical (unpaired) electrons. The van der Waals surface area contributed by atoms with E-state index in [0.717, 1.165) is 39.4 Å². The molecule has 0 saturated carbocycles. The third-order valence-corrected chi connectivity index (χ3v) is 7.44. The predicted octanol–water partition coefficient (Wildman–Crippen LogP) is 5.86. The predicted molar refractivity (Wildman–Crippen MR) is 141 cm³/mol. The molecular weight excluding hydrogens is 476 g/mol. The van der Waals surface area contributed by atoms with Crippen LogP contribution < -0.4 is 10.1 Å². The summed E-state index contributed by atoms with van der Waals surface area (Å²) in [6.45, 7) is 3.70. The maximum Gasteiger partial charge on any atom is 0.270 e. The molecule has 36 heavy (non-hydrogen) atoms. The van der Waals surface area contributed by atoms with E-state index in [2.05, 4.69) is 15.2 Å². The largest absolute Gasteiger partial charge is 0.279 e. The molecule has 0 spiro atoms. The lowest BCUT2D eigenvalue weighted by Crippen LogP contribution is -2.16. The van der Waals surface area contributed by atoms with E-state index < -0.39 is 14.9 Å². The summed E-state index contributed by atoms with van der Waals surface area (Å²) >= 11 is 0. The summed E-state index contributed by atoms with van der Waals surface area (Å²) in [6.07, 6.45) is 0. The van der Waals surface area contributed by atoms with Gasteiger partial charge < -0.3 is 0 Å². The number of hydrazone groups is 1. The lowest BCUT2D eigenvalue weighted by Gasteiger charge is -2.14. The van der Waals surface area contributed by atoms with Crippen LogP contribution in [0.25, 0.3) is 11.1 Å². The number of nitrogens with one attached hydrogen (secondary N) is 2. The molecule has 4 aromatic carbocycles. The van der Waals surface area contributed by atoms with Crippen molar-refractivity contribution in [1.82, 2.24) is 0 Å². The van der Waals surface area contributed by atoms with Gasteiger partial charge in [0.2, 0.25) is 0 Å². The first kappa shape index (κ1) is 23.3. The Kier molecular flexibility index (Phi) is 5.77. The summed E-state index contributed by atoms with van der Waals surface area (Å²) in [6, 6.07) is 24.6. The Morgan fingerprint density at radius 3 is 1.94 bits per heavy atom. The standard InChI is InChI=1S/C27H22N4O4S/c1-17-11-13-24(18(2)15-17)30-36(34,35)26-16-19(31(32)33)12-14-25(26)28-29-27-22-9-5-3-7-20(22)21-8-4-6-10-23(21)27/h3-16,28,30H,1-2H3. The van der Waals surface area contributed by atoms with Crippen LogP contribution in [0.15, 0.2) is 94.9 Å². The van der Waals surface area contributed by atoms with Gasteiger partial charge in [0.25, 0.3) is 15.7 Å². The number of nitrogens with zero attached hydrogens (tertiary/aromatic N) is 2. The second-order valence-electron chi connectivity index (χ2n) is 8.52. The molecule has 0 heterocycles. The van der Waals surface area contributed by atoms with E-state index in [4.69, 9.17) is 0 Å². The SMILES string of the molecule is Cc1ccc(NS(=O)(=O)c2cc([N+](=O)[O-])ccc2NN=C2c3ccccc3-c3ccccc32)c(C)c1. The van der Waals surface area contributed by atoms with Crippen LogP contribution in [-0.4, -0.2) is 19.1 Å². The van der Waals surface area contributed by atoms with E-state index in [1.165, 1.54) is 12.1 Å². The van der Waals surface area contributed by atoms with Crippen molar-refractivity contribution >= 4 is 32.8 Å². The van der Waals surface area contributed by atoms with E-state index >= 15 is 0 Å². The Hall–Kier alpha value is -4.50. The van der Waals surface area contributed by atoms with Gasteiger partial charge >= 0.3 is 0 Å². The van der Waals surface area contributed by atoms with Crippen LogP contribution in [0.4, 0.5) is 17.1 Å². The summed E-state index contributed by atoms with van der Waals surface area (Å²) in [5.41, 5.74) is 9.29. The van der Waals surface area contributed by atoms with Crippen molar-refractivity contribution in [3.63, 3.8) is 0 Å². The Balaban J connectivity index is 1.58. The average Bonchev–Trinajstić information content (AvgIpc) is 3.18. The lowest BCUT2D eigenvalue weighted by atomic mass is 10.1. The molecule has 0 atom stereocenters.